The van der Waals surface area contributed by atoms with Crippen molar-refractivity contribution in [2.75, 3.05) is 5.32 Å². The van der Waals surface area contributed by atoms with Crippen molar-refractivity contribution in [3.8, 4) is 0 Å². The molecule has 0 aliphatic carbocycles. The second-order valence-corrected chi connectivity index (χ2v) is 4.22. The molecule has 0 atom stereocenters. The maximum absolute atomic E-state index is 13.4. The third kappa shape index (κ3) is 2.92. The predicted molar refractivity (Wildman–Crippen MR) is 70.6 cm³/mol. The number of benzene rings is 1. The van der Waals surface area contributed by atoms with Crippen molar-refractivity contribution in [2.24, 2.45) is 0 Å². The summed E-state index contributed by atoms with van der Waals surface area (Å²) < 4.78 is 13.4. The van der Waals surface area contributed by atoms with Gasteiger partial charge in [0.2, 0.25) is 0 Å². The number of carboxylic acid groups (broad SMARTS) is 1. The first-order valence-electron chi connectivity index (χ1n) is 5.44. The summed E-state index contributed by atoms with van der Waals surface area (Å²) in [5, 5.41) is 11.6. The molecule has 2 N–H and O–H groups in total. The molecule has 1 aromatic carbocycles. The monoisotopic (exact) mass is 294 g/mol. The van der Waals surface area contributed by atoms with Crippen molar-refractivity contribution in [3.05, 3.63) is 58.6 Å². The SMILES string of the molecule is O=C(Nc1cccc(F)c1C(=O)O)c1ccc(Cl)cn1. The summed E-state index contributed by atoms with van der Waals surface area (Å²) in [5.41, 5.74) is -0.705. The van der Waals surface area contributed by atoms with Gasteiger partial charge in [0.15, 0.2) is 0 Å². The van der Waals surface area contributed by atoms with Crippen molar-refractivity contribution in [3.63, 3.8) is 0 Å². The Bertz CT molecular complexity index is 674. The number of halogens is 2. The number of nitrogens with one attached hydrogen (secondary N) is 1. The zero-order chi connectivity index (χ0) is 14.7. The fourth-order valence-electron chi connectivity index (χ4n) is 1.54. The minimum atomic E-state index is -1.47. The first kappa shape index (κ1) is 14.0. The summed E-state index contributed by atoms with van der Waals surface area (Å²) in [7, 11) is 0. The molecule has 0 spiro atoms. The maximum atomic E-state index is 13.4. The number of hydrogen-bond donors (Lipinski definition) is 2. The Morgan fingerprint density at radius 1 is 1.25 bits per heavy atom. The molecule has 1 heterocycles. The van der Waals surface area contributed by atoms with E-state index < -0.39 is 23.3 Å². The molecule has 102 valence electrons. The number of anilines is 1. The van der Waals surface area contributed by atoms with Crippen LogP contribution >= 0.6 is 11.6 Å². The molecule has 0 aliphatic heterocycles. The van der Waals surface area contributed by atoms with E-state index in [1.165, 1.54) is 30.5 Å². The van der Waals surface area contributed by atoms with Crippen molar-refractivity contribution < 1.29 is 19.1 Å². The molecule has 2 aromatic rings. The van der Waals surface area contributed by atoms with E-state index in [9.17, 15) is 14.0 Å². The van der Waals surface area contributed by atoms with Crippen LogP contribution in [0.3, 0.4) is 0 Å². The zero-order valence-corrected chi connectivity index (χ0v) is 10.7. The molecule has 0 aliphatic rings. The van der Waals surface area contributed by atoms with E-state index in [-0.39, 0.29) is 11.4 Å². The van der Waals surface area contributed by atoms with Gasteiger partial charge in [-0.25, -0.2) is 14.2 Å². The van der Waals surface area contributed by atoms with Crippen molar-refractivity contribution >= 4 is 29.2 Å². The second-order valence-electron chi connectivity index (χ2n) is 3.78. The highest BCUT2D eigenvalue weighted by atomic mass is 35.5. The smallest absolute Gasteiger partial charge is 0.340 e. The molecule has 0 unspecified atom stereocenters. The number of nitrogens with zero attached hydrogens (tertiary/aromatic N) is 1. The van der Waals surface area contributed by atoms with Crippen LogP contribution < -0.4 is 5.32 Å². The van der Waals surface area contributed by atoms with Gasteiger partial charge in [0.1, 0.15) is 17.1 Å². The number of rotatable bonds is 3. The van der Waals surface area contributed by atoms with Crippen molar-refractivity contribution in [1.29, 1.82) is 0 Å². The summed E-state index contributed by atoms with van der Waals surface area (Å²) in [6, 6.07) is 6.43. The summed E-state index contributed by atoms with van der Waals surface area (Å²) in [4.78, 5) is 26.6. The van der Waals surface area contributed by atoms with Crippen LogP contribution in [0.25, 0.3) is 0 Å². The average molecular weight is 295 g/mol. The lowest BCUT2D eigenvalue weighted by Gasteiger charge is -2.08. The van der Waals surface area contributed by atoms with E-state index in [4.69, 9.17) is 16.7 Å². The number of amides is 1. The van der Waals surface area contributed by atoms with E-state index in [1.807, 2.05) is 0 Å². The lowest BCUT2D eigenvalue weighted by Crippen LogP contribution is -2.16. The minimum Gasteiger partial charge on any atom is -0.478 e. The lowest BCUT2D eigenvalue weighted by molar-refractivity contribution is 0.0693. The molecule has 0 saturated heterocycles. The predicted octanol–water partition coefficient (Wildman–Crippen LogP) is 2.82. The molecule has 1 amide bonds. The van der Waals surface area contributed by atoms with Crippen LogP contribution in [0.15, 0.2) is 36.5 Å². The molecule has 5 nitrogen and oxygen atoms in total. The Balaban J connectivity index is 2.30. The van der Waals surface area contributed by atoms with Gasteiger partial charge in [-0.05, 0) is 24.3 Å². The van der Waals surface area contributed by atoms with Gasteiger partial charge in [0, 0.05) is 6.20 Å². The first-order chi connectivity index (χ1) is 9.49. The van der Waals surface area contributed by atoms with Gasteiger partial charge in [-0.3, -0.25) is 4.79 Å². The number of carbonyl (C=O) groups is 2. The van der Waals surface area contributed by atoms with E-state index in [0.29, 0.717) is 5.02 Å². The van der Waals surface area contributed by atoms with E-state index >= 15 is 0 Å². The van der Waals surface area contributed by atoms with Crippen LogP contribution in [0.5, 0.6) is 0 Å². The van der Waals surface area contributed by atoms with Gasteiger partial charge in [0.25, 0.3) is 5.91 Å². The van der Waals surface area contributed by atoms with Gasteiger partial charge in [-0.2, -0.15) is 0 Å². The van der Waals surface area contributed by atoms with Crippen LogP contribution in [-0.2, 0) is 0 Å². The molecule has 7 heteroatoms. The second kappa shape index (κ2) is 5.66. The van der Waals surface area contributed by atoms with Gasteiger partial charge >= 0.3 is 5.97 Å². The number of carbonyl (C=O) groups excluding carboxylic acids is 1. The number of aromatic carboxylic acids is 1. The largest absolute Gasteiger partial charge is 0.478 e. The maximum Gasteiger partial charge on any atom is 0.340 e. The first-order valence-corrected chi connectivity index (χ1v) is 5.81. The van der Waals surface area contributed by atoms with Gasteiger partial charge in [-0.1, -0.05) is 17.7 Å². The molecule has 1 aromatic heterocycles. The fourth-order valence-corrected chi connectivity index (χ4v) is 1.65. The Morgan fingerprint density at radius 2 is 2.00 bits per heavy atom. The summed E-state index contributed by atoms with van der Waals surface area (Å²) >= 11 is 5.64. The van der Waals surface area contributed by atoms with Gasteiger partial charge in [-0.15, -0.1) is 0 Å². The Kier molecular flexibility index (Phi) is 3.95. The van der Waals surface area contributed by atoms with Crippen LogP contribution in [0.2, 0.25) is 5.02 Å². The molecule has 0 radical (unpaired) electrons. The molecule has 2 rings (SSSR count). The quantitative estimate of drug-likeness (QED) is 0.912. The average Bonchev–Trinajstić information content (AvgIpc) is 2.39. The summed E-state index contributed by atoms with van der Waals surface area (Å²) in [5.74, 6) is -3.06. The Labute approximate surface area is 118 Å². The molecule has 0 fully saturated rings. The highest BCUT2D eigenvalue weighted by Crippen LogP contribution is 2.19. The highest BCUT2D eigenvalue weighted by molar-refractivity contribution is 6.30. The van der Waals surface area contributed by atoms with Crippen LogP contribution in [0.1, 0.15) is 20.8 Å². The van der Waals surface area contributed by atoms with Gasteiger partial charge in [0.05, 0.1) is 10.7 Å². The Morgan fingerprint density at radius 3 is 2.60 bits per heavy atom. The van der Waals surface area contributed by atoms with Crippen molar-refractivity contribution in [1.82, 2.24) is 4.98 Å². The lowest BCUT2D eigenvalue weighted by atomic mass is 10.1. The third-order valence-corrected chi connectivity index (χ3v) is 2.66. The van der Waals surface area contributed by atoms with Crippen LogP contribution in [0, 0.1) is 5.82 Å². The molecule has 20 heavy (non-hydrogen) atoms. The third-order valence-electron chi connectivity index (χ3n) is 2.44. The summed E-state index contributed by atoms with van der Waals surface area (Å²) in [6.45, 7) is 0. The van der Waals surface area contributed by atoms with E-state index in [2.05, 4.69) is 10.3 Å². The van der Waals surface area contributed by atoms with E-state index in [0.717, 1.165) is 6.07 Å². The van der Waals surface area contributed by atoms with Crippen molar-refractivity contribution in [2.45, 2.75) is 0 Å². The number of hydrogen-bond acceptors (Lipinski definition) is 3. The molecular weight excluding hydrogens is 287 g/mol. The fraction of sp³-hybridized carbons (Fsp3) is 0. The van der Waals surface area contributed by atoms with Gasteiger partial charge < -0.3 is 10.4 Å². The highest BCUT2D eigenvalue weighted by Gasteiger charge is 2.18. The summed E-state index contributed by atoms with van der Waals surface area (Å²) in [6.07, 6.45) is 1.28. The zero-order valence-electron chi connectivity index (χ0n) is 9.93. The normalized spacial score (nSPS) is 10.1. The van der Waals surface area contributed by atoms with E-state index in [1.54, 1.807) is 0 Å². The number of carboxylic acids is 1. The van der Waals surface area contributed by atoms with Crippen LogP contribution in [-0.4, -0.2) is 22.0 Å². The van der Waals surface area contributed by atoms with Crippen LogP contribution in [0.4, 0.5) is 10.1 Å². The molecular formula is C13H8ClFN2O3. The Hall–Kier alpha value is -2.47. The number of pyridine rings is 1. The molecule has 0 bridgehead atoms. The minimum absolute atomic E-state index is 0.0370. The number of aromatic nitrogens is 1. The topological polar surface area (TPSA) is 79.3 Å². The molecule has 0 saturated carbocycles. The standard InChI is InChI=1S/C13H8ClFN2O3/c14-7-4-5-10(16-6-7)12(18)17-9-3-1-2-8(15)11(9)13(19)20/h1-6H,(H,17,18)(H,19,20).